The lowest BCUT2D eigenvalue weighted by molar-refractivity contribution is 0.0907. The lowest BCUT2D eigenvalue weighted by Crippen LogP contribution is -2.31. The van der Waals surface area contributed by atoms with Crippen LogP contribution in [0.4, 0.5) is 0 Å². The van der Waals surface area contributed by atoms with Gasteiger partial charge in [0.25, 0.3) is 5.91 Å². The van der Waals surface area contributed by atoms with E-state index in [2.05, 4.69) is 24.9 Å². The molecule has 0 aromatic heterocycles. The molecule has 2 unspecified atom stereocenters. The number of ether oxygens (including phenoxy) is 1. The van der Waals surface area contributed by atoms with Gasteiger partial charge in [0, 0.05) is 29.5 Å². The summed E-state index contributed by atoms with van der Waals surface area (Å²) in [6.45, 7) is 3.54. The molecule has 2 atom stereocenters. The van der Waals surface area contributed by atoms with E-state index < -0.39 is 0 Å². The van der Waals surface area contributed by atoms with E-state index in [9.17, 15) is 4.79 Å². The van der Waals surface area contributed by atoms with Crippen molar-refractivity contribution in [1.29, 1.82) is 0 Å². The minimum Gasteiger partial charge on any atom is -0.378 e. The molecule has 92 valence electrons. The Morgan fingerprint density at radius 1 is 1.47 bits per heavy atom. The Hall–Kier alpha value is -1.00. The quantitative estimate of drug-likeness (QED) is 0.808. The first kappa shape index (κ1) is 12.5. The third-order valence-electron chi connectivity index (χ3n) is 3.19. The van der Waals surface area contributed by atoms with E-state index in [4.69, 9.17) is 4.74 Å². The maximum absolute atomic E-state index is 11.8. The average molecular weight is 251 g/mol. The van der Waals surface area contributed by atoms with Crippen LogP contribution in [0.2, 0.25) is 0 Å². The highest BCUT2D eigenvalue weighted by Gasteiger charge is 2.24. The van der Waals surface area contributed by atoms with Crippen LogP contribution in [0.25, 0.3) is 0 Å². The van der Waals surface area contributed by atoms with Gasteiger partial charge in [-0.2, -0.15) is 0 Å². The van der Waals surface area contributed by atoms with Crippen molar-refractivity contribution in [2.24, 2.45) is 5.92 Å². The maximum Gasteiger partial charge on any atom is 0.251 e. The number of thiol groups is 1. The number of benzene rings is 1. The molecule has 1 heterocycles. The number of hydrogen-bond donors (Lipinski definition) is 2. The van der Waals surface area contributed by atoms with Gasteiger partial charge in [-0.25, -0.2) is 0 Å². The molecule has 1 aromatic carbocycles. The minimum atomic E-state index is -0.0302. The first-order chi connectivity index (χ1) is 8.16. The fourth-order valence-corrected chi connectivity index (χ4v) is 2.13. The molecule has 1 amide bonds. The van der Waals surface area contributed by atoms with Gasteiger partial charge < -0.3 is 10.1 Å². The highest BCUT2D eigenvalue weighted by molar-refractivity contribution is 7.80. The van der Waals surface area contributed by atoms with Crippen molar-refractivity contribution in [1.82, 2.24) is 5.32 Å². The van der Waals surface area contributed by atoms with Gasteiger partial charge in [-0.3, -0.25) is 4.79 Å². The number of carbonyl (C=O) groups is 1. The van der Waals surface area contributed by atoms with E-state index in [1.165, 1.54) is 0 Å². The second kappa shape index (κ2) is 5.56. The molecular weight excluding hydrogens is 234 g/mol. The monoisotopic (exact) mass is 251 g/mol. The molecule has 4 heteroatoms. The van der Waals surface area contributed by atoms with E-state index in [1.807, 2.05) is 12.1 Å². The number of rotatable bonds is 3. The molecular formula is C13H17NO2S. The largest absolute Gasteiger partial charge is 0.378 e. The third kappa shape index (κ3) is 3.23. The van der Waals surface area contributed by atoms with Crippen molar-refractivity contribution in [3.05, 3.63) is 29.8 Å². The molecule has 0 spiro atoms. The summed E-state index contributed by atoms with van der Waals surface area (Å²) in [5, 5.41) is 2.95. The van der Waals surface area contributed by atoms with E-state index >= 15 is 0 Å². The molecule has 1 saturated heterocycles. The molecule has 0 aliphatic carbocycles. The maximum atomic E-state index is 11.8. The number of carbonyl (C=O) groups excluding carboxylic acids is 1. The first-order valence-electron chi connectivity index (χ1n) is 5.85. The Morgan fingerprint density at radius 2 is 2.18 bits per heavy atom. The summed E-state index contributed by atoms with van der Waals surface area (Å²) in [5.74, 6) is 0.403. The molecule has 1 aromatic rings. The Bertz CT molecular complexity index is 391. The standard InChI is InChI=1S/C13H17NO2S/c1-9-11(6-7-16-9)8-14-13(15)10-2-4-12(17)5-3-10/h2-5,9,11,17H,6-8H2,1H3,(H,14,15). The minimum absolute atomic E-state index is 0.0302. The van der Waals surface area contributed by atoms with Crippen molar-refractivity contribution in [3.8, 4) is 0 Å². The molecule has 2 rings (SSSR count). The van der Waals surface area contributed by atoms with E-state index in [0.29, 0.717) is 18.0 Å². The van der Waals surface area contributed by atoms with Crippen molar-refractivity contribution >= 4 is 18.5 Å². The van der Waals surface area contributed by atoms with Gasteiger partial charge in [-0.15, -0.1) is 12.6 Å². The lowest BCUT2D eigenvalue weighted by atomic mass is 10.0. The predicted molar refractivity (Wildman–Crippen MR) is 69.5 cm³/mol. The molecule has 1 N–H and O–H groups in total. The topological polar surface area (TPSA) is 38.3 Å². The summed E-state index contributed by atoms with van der Waals surface area (Å²) >= 11 is 4.19. The highest BCUT2D eigenvalue weighted by atomic mass is 32.1. The van der Waals surface area contributed by atoms with Crippen LogP contribution in [0.3, 0.4) is 0 Å². The van der Waals surface area contributed by atoms with E-state index in [1.54, 1.807) is 12.1 Å². The SMILES string of the molecule is CC1OCCC1CNC(=O)c1ccc(S)cc1. The van der Waals surface area contributed by atoms with Crippen LogP contribution in [-0.2, 0) is 4.74 Å². The van der Waals surface area contributed by atoms with Crippen molar-refractivity contribution in [2.75, 3.05) is 13.2 Å². The smallest absolute Gasteiger partial charge is 0.251 e. The molecule has 17 heavy (non-hydrogen) atoms. The Morgan fingerprint density at radius 3 is 2.76 bits per heavy atom. The first-order valence-corrected chi connectivity index (χ1v) is 6.30. The molecule has 3 nitrogen and oxygen atoms in total. The average Bonchev–Trinajstić information content (AvgIpc) is 2.73. The Balaban J connectivity index is 1.87. The lowest BCUT2D eigenvalue weighted by Gasteiger charge is -2.14. The van der Waals surface area contributed by atoms with Crippen molar-refractivity contribution < 1.29 is 9.53 Å². The number of nitrogens with one attached hydrogen (secondary N) is 1. The van der Waals surface area contributed by atoms with Gasteiger partial charge in [0.1, 0.15) is 0 Å². The Labute approximate surface area is 107 Å². The second-order valence-electron chi connectivity index (χ2n) is 4.38. The van der Waals surface area contributed by atoms with Crippen LogP contribution in [0.5, 0.6) is 0 Å². The second-order valence-corrected chi connectivity index (χ2v) is 4.90. The fourth-order valence-electron chi connectivity index (χ4n) is 1.98. The third-order valence-corrected chi connectivity index (χ3v) is 3.49. The van der Waals surface area contributed by atoms with Gasteiger partial charge in [-0.05, 0) is 37.6 Å². The van der Waals surface area contributed by atoms with Crippen LogP contribution in [0.1, 0.15) is 23.7 Å². The Kier molecular flexibility index (Phi) is 4.07. The van der Waals surface area contributed by atoms with Crippen LogP contribution >= 0.6 is 12.6 Å². The van der Waals surface area contributed by atoms with E-state index in [0.717, 1.165) is 17.9 Å². The molecule has 0 radical (unpaired) electrons. The van der Waals surface area contributed by atoms with Gasteiger partial charge >= 0.3 is 0 Å². The van der Waals surface area contributed by atoms with Gasteiger partial charge in [0.05, 0.1) is 6.10 Å². The molecule has 1 aliphatic heterocycles. The van der Waals surface area contributed by atoms with Crippen LogP contribution in [0, 0.1) is 5.92 Å². The zero-order valence-corrected chi connectivity index (χ0v) is 10.7. The fraction of sp³-hybridized carbons (Fsp3) is 0.462. The zero-order valence-electron chi connectivity index (χ0n) is 9.85. The number of hydrogen-bond acceptors (Lipinski definition) is 3. The van der Waals surface area contributed by atoms with Crippen LogP contribution < -0.4 is 5.32 Å². The molecule has 1 fully saturated rings. The molecule has 0 saturated carbocycles. The summed E-state index contributed by atoms with van der Waals surface area (Å²) in [5.41, 5.74) is 0.675. The normalized spacial score (nSPS) is 23.6. The zero-order chi connectivity index (χ0) is 12.3. The highest BCUT2D eigenvalue weighted by Crippen LogP contribution is 2.19. The summed E-state index contributed by atoms with van der Waals surface area (Å²) in [6.07, 6.45) is 1.27. The van der Waals surface area contributed by atoms with Gasteiger partial charge in [0.2, 0.25) is 0 Å². The summed E-state index contributed by atoms with van der Waals surface area (Å²) < 4.78 is 5.46. The summed E-state index contributed by atoms with van der Waals surface area (Å²) in [7, 11) is 0. The molecule has 0 bridgehead atoms. The van der Waals surface area contributed by atoms with Crippen LogP contribution in [-0.4, -0.2) is 25.2 Å². The van der Waals surface area contributed by atoms with Crippen molar-refractivity contribution in [2.45, 2.75) is 24.3 Å². The van der Waals surface area contributed by atoms with Crippen molar-refractivity contribution in [3.63, 3.8) is 0 Å². The summed E-state index contributed by atoms with van der Waals surface area (Å²) in [4.78, 5) is 12.7. The van der Waals surface area contributed by atoms with Crippen LogP contribution in [0.15, 0.2) is 29.2 Å². The number of amides is 1. The van der Waals surface area contributed by atoms with Gasteiger partial charge in [0.15, 0.2) is 0 Å². The molecule has 1 aliphatic rings. The van der Waals surface area contributed by atoms with Gasteiger partial charge in [-0.1, -0.05) is 0 Å². The summed E-state index contributed by atoms with van der Waals surface area (Å²) in [6, 6.07) is 7.21. The van der Waals surface area contributed by atoms with E-state index in [-0.39, 0.29) is 12.0 Å². The predicted octanol–water partition coefficient (Wildman–Crippen LogP) is 2.13.